The van der Waals surface area contributed by atoms with Gasteiger partial charge in [-0.05, 0) is 42.6 Å². The molecular weight excluding hydrogens is 378 g/mol. The molecule has 1 aliphatic carbocycles. The fourth-order valence-electron chi connectivity index (χ4n) is 6.38. The SMILES string of the molecule is CCC1C(N2CCC(N(Cc3ccccc3)C(C)=O)CC2)CC12CCN(C(=O)O)C2. The van der Waals surface area contributed by atoms with Gasteiger partial charge in [-0.25, -0.2) is 4.79 Å². The molecule has 164 valence electrons. The molecule has 2 heterocycles. The fraction of sp³-hybridized carbons (Fsp3) is 0.667. The number of likely N-dealkylation sites (tertiary alicyclic amines) is 2. The number of hydrogen-bond acceptors (Lipinski definition) is 3. The first-order valence-electron chi connectivity index (χ1n) is 11.5. The summed E-state index contributed by atoms with van der Waals surface area (Å²) in [6, 6.07) is 11.1. The molecule has 2 amide bonds. The van der Waals surface area contributed by atoms with Crippen LogP contribution in [0, 0.1) is 11.3 Å². The van der Waals surface area contributed by atoms with Crippen LogP contribution in [-0.2, 0) is 11.3 Å². The predicted octanol–water partition coefficient (Wildman–Crippen LogP) is 3.67. The van der Waals surface area contributed by atoms with E-state index in [0.717, 1.165) is 45.2 Å². The van der Waals surface area contributed by atoms with E-state index in [1.54, 1.807) is 11.8 Å². The molecule has 2 saturated heterocycles. The number of hydrogen-bond donors (Lipinski definition) is 1. The Morgan fingerprint density at radius 3 is 2.43 bits per heavy atom. The third kappa shape index (κ3) is 3.94. The second kappa shape index (κ2) is 8.58. The van der Waals surface area contributed by atoms with Gasteiger partial charge >= 0.3 is 6.09 Å². The second-order valence-corrected chi connectivity index (χ2v) is 9.50. The molecule has 3 unspecified atom stereocenters. The number of piperidine rings is 1. The van der Waals surface area contributed by atoms with Crippen LogP contribution >= 0.6 is 0 Å². The van der Waals surface area contributed by atoms with E-state index in [2.05, 4.69) is 24.0 Å². The third-order valence-corrected chi connectivity index (χ3v) is 7.97. The highest BCUT2D eigenvalue weighted by atomic mass is 16.4. The maximum Gasteiger partial charge on any atom is 0.407 e. The van der Waals surface area contributed by atoms with Gasteiger partial charge in [-0.3, -0.25) is 9.69 Å². The molecule has 3 fully saturated rings. The minimum atomic E-state index is -0.770. The molecule has 1 saturated carbocycles. The van der Waals surface area contributed by atoms with Gasteiger partial charge in [0.05, 0.1) is 0 Å². The second-order valence-electron chi connectivity index (χ2n) is 9.50. The fourth-order valence-corrected chi connectivity index (χ4v) is 6.38. The highest BCUT2D eigenvalue weighted by Crippen LogP contribution is 2.56. The highest BCUT2D eigenvalue weighted by molar-refractivity contribution is 5.73. The van der Waals surface area contributed by atoms with Gasteiger partial charge in [0.15, 0.2) is 0 Å². The van der Waals surface area contributed by atoms with Crippen LogP contribution in [0.4, 0.5) is 4.79 Å². The normalized spacial score (nSPS) is 29.7. The first kappa shape index (κ1) is 21.2. The van der Waals surface area contributed by atoms with Crippen molar-refractivity contribution >= 4 is 12.0 Å². The summed E-state index contributed by atoms with van der Waals surface area (Å²) in [4.78, 5) is 30.0. The standard InChI is InChI=1S/C24H35N3O3/c1-3-21-22(15-24(21)11-14-26(17-24)23(29)30)25-12-9-20(10-13-25)27(18(2)28)16-19-7-5-4-6-8-19/h4-8,20-22H,3,9-17H2,1-2H3,(H,29,30). The number of carbonyl (C=O) groups is 2. The van der Waals surface area contributed by atoms with Crippen molar-refractivity contribution in [1.82, 2.24) is 14.7 Å². The summed E-state index contributed by atoms with van der Waals surface area (Å²) in [6.07, 6.45) is 4.53. The zero-order valence-electron chi connectivity index (χ0n) is 18.3. The molecule has 2 aliphatic heterocycles. The third-order valence-electron chi connectivity index (χ3n) is 7.97. The quantitative estimate of drug-likeness (QED) is 0.800. The first-order chi connectivity index (χ1) is 14.4. The summed E-state index contributed by atoms with van der Waals surface area (Å²) in [5.41, 5.74) is 1.39. The molecule has 1 spiro atoms. The Bertz CT molecular complexity index is 762. The van der Waals surface area contributed by atoms with Crippen LogP contribution in [0.15, 0.2) is 30.3 Å². The smallest absolute Gasteiger partial charge is 0.407 e. The molecule has 1 aromatic carbocycles. The topological polar surface area (TPSA) is 64.1 Å². The average Bonchev–Trinajstić information content (AvgIpc) is 3.19. The van der Waals surface area contributed by atoms with E-state index in [1.165, 1.54) is 5.56 Å². The molecule has 4 rings (SSSR count). The Hall–Kier alpha value is -2.08. The van der Waals surface area contributed by atoms with Crippen molar-refractivity contribution in [2.75, 3.05) is 26.2 Å². The number of benzene rings is 1. The summed E-state index contributed by atoms with van der Waals surface area (Å²) in [7, 11) is 0. The van der Waals surface area contributed by atoms with Crippen molar-refractivity contribution in [2.45, 2.75) is 64.6 Å². The number of carbonyl (C=O) groups excluding carboxylic acids is 1. The lowest BCUT2D eigenvalue weighted by atomic mass is 9.54. The Kier molecular flexibility index (Phi) is 6.05. The summed E-state index contributed by atoms with van der Waals surface area (Å²) >= 11 is 0. The lowest BCUT2D eigenvalue weighted by Gasteiger charge is -2.58. The maximum atomic E-state index is 12.3. The highest BCUT2D eigenvalue weighted by Gasteiger charge is 2.58. The van der Waals surface area contributed by atoms with Crippen LogP contribution in [0.2, 0.25) is 0 Å². The molecule has 3 aliphatic rings. The molecular formula is C24H35N3O3. The number of amides is 2. The van der Waals surface area contributed by atoms with E-state index in [-0.39, 0.29) is 11.3 Å². The Morgan fingerprint density at radius 2 is 1.87 bits per heavy atom. The minimum absolute atomic E-state index is 0.158. The zero-order chi connectivity index (χ0) is 21.3. The van der Waals surface area contributed by atoms with Crippen LogP contribution in [0.1, 0.15) is 51.5 Å². The molecule has 1 aromatic rings. The Morgan fingerprint density at radius 1 is 1.17 bits per heavy atom. The lowest BCUT2D eigenvalue weighted by Crippen LogP contribution is -2.62. The molecule has 3 atom stereocenters. The van der Waals surface area contributed by atoms with Crippen LogP contribution in [-0.4, -0.2) is 70.1 Å². The summed E-state index contributed by atoms with van der Waals surface area (Å²) in [5.74, 6) is 0.748. The monoisotopic (exact) mass is 413 g/mol. The van der Waals surface area contributed by atoms with Gasteiger partial charge in [-0.1, -0.05) is 43.7 Å². The first-order valence-corrected chi connectivity index (χ1v) is 11.5. The van der Waals surface area contributed by atoms with Gasteiger partial charge in [0, 0.05) is 51.7 Å². The number of rotatable bonds is 5. The molecule has 0 radical (unpaired) electrons. The summed E-state index contributed by atoms with van der Waals surface area (Å²) < 4.78 is 0. The van der Waals surface area contributed by atoms with Crippen molar-refractivity contribution < 1.29 is 14.7 Å². The number of nitrogens with zero attached hydrogens (tertiary/aromatic N) is 3. The molecule has 6 heteroatoms. The van der Waals surface area contributed by atoms with E-state index in [4.69, 9.17) is 0 Å². The maximum absolute atomic E-state index is 12.3. The van der Waals surface area contributed by atoms with Gasteiger partial charge in [0.1, 0.15) is 0 Å². The van der Waals surface area contributed by atoms with Crippen LogP contribution in [0.3, 0.4) is 0 Å². The van der Waals surface area contributed by atoms with Crippen molar-refractivity contribution in [3.63, 3.8) is 0 Å². The molecule has 1 N–H and O–H groups in total. The van der Waals surface area contributed by atoms with Crippen molar-refractivity contribution in [1.29, 1.82) is 0 Å². The molecule has 0 aromatic heterocycles. The molecule has 6 nitrogen and oxygen atoms in total. The van der Waals surface area contributed by atoms with Gasteiger partial charge < -0.3 is 14.9 Å². The van der Waals surface area contributed by atoms with Gasteiger partial charge in [0.2, 0.25) is 5.91 Å². The predicted molar refractivity (Wildman–Crippen MR) is 116 cm³/mol. The summed E-state index contributed by atoms with van der Waals surface area (Å²) in [5, 5.41) is 9.35. The van der Waals surface area contributed by atoms with E-state index < -0.39 is 6.09 Å². The van der Waals surface area contributed by atoms with Crippen molar-refractivity contribution in [2.24, 2.45) is 11.3 Å². The van der Waals surface area contributed by atoms with E-state index in [9.17, 15) is 14.7 Å². The molecule has 30 heavy (non-hydrogen) atoms. The van der Waals surface area contributed by atoms with Crippen LogP contribution in [0.5, 0.6) is 0 Å². The van der Waals surface area contributed by atoms with Crippen molar-refractivity contribution in [3.05, 3.63) is 35.9 Å². The average molecular weight is 414 g/mol. The van der Waals surface area contributed by atoms with Gasteiger partial charge in [-0.2, -0.15) is 0 Å². The molecule has 0 bridgehead atoms. The number of carboxylic acid groups (broad SMARTS) is 1. The lowest BCUT2D eigenvalue weighted by molar-refractivity contribution is -0.134. The van der Waals surface area contributed by atoms with E-state index in [1.807, 2.05) is 23.1 Å². The van der Waals surface area contributed by atoms with Crippen LogP contribution in [0.25, 0.3) is 0 Å². The Labute approximate surface area is 179 Å². The van der Waals surface area contributed by atoms with Crippen LogP contribution < -0.4 is 0 Å². The van der Waals surface area contributed by atoms with Crippen molar-refractivity contribution in [3.8, 4) is 0 Å². The van der Waals surface area contributed by atoms with E-state index in [0.29, 0.717) is 37.6 Å². The van der Waals surface area contributed by atoms with Gasteiger partial charge in [0.25, 0.3) is 0 Å². The largest absolute Gasteiger partial charge is 0.465 e. The minimum Gasteiger partial charge on any atom is -0.465 e. The van der Waals surface area contributed by atoms with Gasteiger partial charge in [-0.15, -0.1) is 0 Å². The summed E-state index contributed by atoms with van der Waals surface area (Å²) in [6.45, 7) is 8.09. The Balaban J connectivity index is 1.34. The zero-order valence-corrected chi connectivity index (χ0v) is 18.3. The van der Waals surface area contributed by atoms with E-state index >= 15 is 0 Å².